The average Bonchev–Trinajstić information content (AvgIpc) is 2.92. The van der Waals surface area contributed by atoms with Gasteiger partial charge in [0.25, 0.3) is 0 Å². The average molecular weight is 291 g/mol. The maximum atomic E-state index is 5.68. The highest BCUT2D eigenvalue weighted by Crippen LogP contribution is 2.37. The van der Waals surface area contributed by atoms with Crippen LogP contribution in [0.15, 0.2) is 24.3 Å². The molecule has 2 rings (SSSR count). The van der Waals surface area contributed by atoms with E-state index < -0.39 is 0 Å². The second-order valence-electron chi connectivity index (χ2n) is 4.69. The van der Waals surface area contributed by atoms with E-state index in [4.69, 9.17) is 10.5 Å². The van der Waals surface area contributed by atoms with Gasteiger partial charge in [-0.1, -0.05) is 6.92 Å². The van der Waals surface area contributed by atoms with E-state index in [0.29, 0.717) is 12.5 Å². The summed E-state index contributed by atoms with van der Waals surface area (Å²) in [6.45, 7) is 2.89. The number of hydrogen-bond acceptors (Lipinski definition) is 5. The Morgan fingerprint density at radius 1 is 1.35 bits per heavy atom. The fourth-order valence-corrected chi connectivity index (χ4v) is 3.14. The van der Waals surface area contributed by atoms with Gasteiger partial charge in [-0.2, -0.15) is 0 Å². The summed E-state index contributed by atoms with van der Waals surface area (Å²) < 4.78 is 5.20. The summed E-state index contributed by atoms with van der Waals surface area (Å²) in [5.74, 6) is 1.27. The lowest BCUT2D eigenvalue weighted by Crippen LogP contribution is -2.04. The van der Waals surface area contributed by atoms with E-state index in [9.17, 15) is 0 Å². The van der Waals surface area contributed by atoms with Crippen LogP contribution in [-0.4, -0.2) is 25.7 Å². The van der Waals surface area contributed by atoms with Crippen molar-refractivity contribution in [1.82, 2.24) is 4.98 Å². The van der Waals surface area contributed by atoms with E-state index in [1.165, 1.54) is 4.88 Å². The molecular weight excluding hydrogens is 270 g/mol. The number of nitrogens with zero attached hydrogens (tertiary/aromatic N) is 1. The minimum atomic E-state index is 0.414. The number of methoxy groups -OCH3 is 1. The molecule has 0 aliphatic heterocycles. The summed E-state index contributed by atoms with van der Waals surface area (Å²) in [6, 6.07) is 8.02. The van der Waals surface area contributed by atoms with Crippen LogP contribution < -0.4 is 15.8 Å². The molecule has 0 aliphatic carbocycles. The normalized spacial score (nSPS) is 12.2. The molecule has 1 atom stereocenters. The number of nitrogens with one attached hydrogen (secondary N) is 1. The smallest absolute Gasteiger partial charge is 0.183 e. The first-order valence-corrected chi connectivity index (χ1v) is 7.54. The fourth-order valence-electron chi connectivity index (χ4n) is 2.11. The summed E-state index contributed by atoms with van der Waals surface area (Å²) in [5, 5.41) is 4.07. The van der Waals surface area contributed by atoms with Crippen LogP contribution in [0, 0.1) is 0 Å². The molecule has 1 aromatic carbocycles. The van der Waals surface area contributed by atoms with Gasteiger partial charge < -0.3 is 15.8 Å². The van der Waals surface area contributed by atoms with Gasteiger partial charge in [0.05, 0.1) is 12.8 Å². The molecule has 4 nitrogen and oxygen atoms in total. The van der Waals surface area contributed by atoms with Crippen molar-refractivity contribution in [2.45, 2.75) is 19.3 Å². The van der Waals surface area contributed by atoms with Gasteiger partial charge in [-0.3, -0.25) is 0 Å². The topological polar surface area (TPSA) is 60.2 Å². The molecule has 1 heterocycles. The molecular formula is C15H21N3OS. The van der Waals surface area contributed by atoms with Crippen molar-refractivity contribution in [2.75, 3.05) is 26.0 Å². The van der Waals surface area contributed by atoms with Gasteiger partial charge in [-0.15, -0.1) is 11.3 Å². The summed E-state index contributed by atoms with van der Waals surface area (Å²) in [4.78, 5) is 5.97. The summed E-state index contributed by atoms with van der Waals surface area (Å²) >= 11 is 1.70. The zero-order chi connectivity index (χ0) is 14.5. The van der Waals surface area contributed by atoms with Gasteiger partial charge in [-0.05, 0) is 43.1 Å². The van der Waals surface area contributed by atoms with Crippen LogP contribution in [0.25, 0.3) is 11.3 Å². The maximum Gasteiger partial charge on any atom is 0.183 e. The van der Waals surface area contributed by atoms with Gasteiger partial charge in [0.15, 0.2) is 5.13 Å². The van der Waals surface area contributed by atoms with Gasteiger partial charge in [0.1, 0.15) is 5.75 Å². The lowest BCUT2D eigenvalue weighted by atomic mass is 10.0. The number of aromatic nitrogens is 1. The highest BCUT2D eigenvalue weighted by Gasteiger charge is 2.17. The minimum absolute atomic E-state index is 0.414. The summed E-state index contributed by atoms with van der Waals surface area (Å²) in [5.41, 5.74) is 7.84. The highest BCUT2D eigenvalue weighted by molar-refractivity contribution is 7.16. The SMILES string of the molecule is CNc1nc(-c2ccc(OC)cc2)c(C(C)CCN)s1. The van der Waals surface area contributed by atoms with Crippen LogP contribution in [0.5, 0.6) is 5.75 Å². The number of rotatable bonds is 6. The third-order valence-corrected chi connectivity index (χ3v) is 4.58. The monoisotopic (exact) mass is 291 g/mol. The molecule has 108 valence electrons. The number of benzene rings is 1. The van der Waals surface area contributed by atoms with E-state index in [-0.39, 0.29) is 0 Å². The van der Waals surface area contributed by atoms with Gasteiger partial charge in [0.2, 0.25) is 0 Å². The van der Waals surface area contributed by atoms with E-state index in [1.807, 2.05) is 31.3 Å². The second-order valence-corrected chi connectivity index (χ2v) is 5.72. The first-order valence-electron chi connectivity index (χ1n) is 6.72. The van der Waals surface area contributed by atoms with Crippen LogP contribution in [0.4, 0.5) is 5.13 Å². The fraction of sp³-hybridized carbons (Fsp3) is 0.400. The molecule has 0 fully saturated rings. The Morgan fingerprint density at radius 2 is 2.05 bits per heavy atom. The molecule has 3 N–H and O–H groups in total. The number of thiazole rings is 1. The Morgan fingerprint density at radius 3 is 2.60 bits per heavy atom. The molecule has 5 heteroatoms. The lowest BCUT2D eigenvalue weighted by Gasteiger charge is -2.10. The molecule has 0 saturated carbocycles. The summed E-state index contributed by atoms with van der Waals surface area (Å²) in [6.07, 6.45) is 0.967. The Labute approximate surface area is 124 Å². The van der Waals surface area contributed by atoms with Gasteiger partial charge >= 0.3 is 0 Å². The molecule has 0 saturated heterocycles. The predicted molar refractivity (Wildman–Crippen MR) is 85.7 cm³/mol. The first-order chi connectivity index (χ1) is 9.69. The quantitative estimate of drug-likeness (QED) is 0.857. The standard InChI is InChI=1S/C15H21N3OS/c1-10(8-9-16)14-13(18-15(17-2)20-14)11-4-6-12(19-3)7-5-11/h4-7,10H,8-9,16H2,1-3H3,(H,17,18). The lowest BCUT2D eigenvalue weighted by molar-refractivity contribution is 0.415. The second kappa shape index (κ2) is 6.72. The molecule has 0 radical (unpaired) electrons. The number of anilines is 1. The number of ether oxygens (including phenoxy) is 1. The predicted octanol–water partition coefficient (Wildman–Crippen LogP) is 3.31. The number of hydrogen-bond donors (Lipinski definition) is 2. The number of nitrogens with two attached hydrogens (primary N) is 1. The molecule has 0 aliphatic rings. The molecule has 20 heavy (non-hydrogen) atoms. The third-order valence-electron chi connectivity index (χ3n) is 3.28. The van der Waals surface area contributed by atoms with Crippen molar-refractivity contribution in [3.05, 3.63) is 29.1 Å². The van der Waals surface area contributed by atoms with E-state index in [2.05, 4.69) is 17.2 Å². The molecule has 0 amide bonds. The van der Waals surface area contributed by atoms with E-state index in [1.54, 1.807) is 18.4 Å². The molecule has 1 unspecified atom stereocenters. The van der Waals surface area contributed by atoms with Crippen molar-refractivity contribution in [3.63, 3.8) is 0 Å². The van der Waals surface area contributed by atoms with Gasteiger partial charge in [-0.25, -0.2) is 4.98 Å². The first kappa shape index (κ1) is 14.8. The molecule has 2 aromatic rings. The molecule has 0 bridgehead atoms. The minimum Gasteiger partial charge on any atom is -0.497 e. The Hall–Kier alpha value is -1.59. The Kier molecular flexibility index (Phi) is 4.98. The molecule has 0 spiro atoms. The Balaban J connectivity index is 2.39. The van der Waals surface area contributed by atoms with Crippen molar-refractivity contribution in [2.24, 2.45) is 5.73 Å². The van der Waals surface area contributed by atoms with Crippen LogP contribution in [-0.2, 0) is 0 Å². The van der Waals surface area contributed by atoms with Crippen molar-refractivity contribution < 1.29 is 4.74 Å². The van der Waals surface area contributed by atoms with E-state index in [0.717, 1.165) is 28.6 Å². The van der Waals surface area contributed by atoms with Crippen LogP contribution in [0.1, 0.15) is 24.1 Å². The van der Waals surface area contributed by atoms with Crippen LogP contribution >= 0.6 is 11.3 Å². The largest absolute Gasteiger partial charge is 0.497 e. The summed E-state index contributed by atoms with van der Waals surface area (Å²) in [7, 11) is 3.57. The zero-order valence-corrected chi connectivity index (χ0v) is 13.0. The van der Waals surface area contributed by atoms with Crippen molar-refractivity contribution >= 4 is 16.5 Å². The Bertz CT molecular complexity index is 551. The van der Waals surface area contributed by atoms with Crippen LogP contribution in [0.2, 0.25) is 0 Å². The van der Waals surface area contributed by atoms with Gasteiger partial charge in [0, 0.05) is 17.5 Å². The van der Waals surface area contributed by atoms with Crippen molar-refractivity contribution in [3.8, 4) is 17.0 Å². The molecule has 1 aromatic heterocycles. The third kappa shape index (κ3) is 3.11. The van der Waals surface area contributed by atoms with Crippen molar-refractivity contribution in [1.29, 1.82) is 0 Å². The zero-order valence-electron chi connectivity index (χ0n) is 12.1. The van der Waals surface area contributed by atoms with Crippen LogP contribution in [0.3, 0.4) is 0 Å². The maximum absolute atomic E-state index is 5.68. The highest BCUT2D eigenvalue weighted by atomic mass is 32.1. The van der Waals surface area contributed by atoms with E-state index >= 15 is 0 Å².